The van der Waals surface area contributed by atoms with E-state index in [4.69, 9.17) is 4.98 Å². The van der Waals surface area contributed by atoms with Gasteiger partial charge in [-0.25, -0.2) is 4.98 Å². The van der Waals surface area contributed by atoms with Crippen LogP contribution >= 0.6 is 0 Å². The minimum atomic E-state index is -0.143. The van der Waals surface area contributed by atoms with Crippen molar-refractivity contribution in [2.75, 3.05) is 18.0 Å². The third kappa shape index (κ3) is 2.75. The molecule has 1 saturated heterocycles. The molecule has 1 fully saturated rings. The Bertz CT molecular complexity index is 827. The molecule has 5 nitrogen and oxygen atoms in total. The Morgan fingerprint density at radius 3 is 2.44 bits per heavy atom. The molecule has 2 aliphatic rings. The monoisotopic (exact) mass is 338 g/mol. The molecule has 1 spiro atoms. The highest BCUT2D eigenvalue weighted by Gasteiger charge is 2.44. The van der Waals surface area contributed by atoms with Gasteiger partial charge in [-0.2, -0.15) is 0 Å². The quantitative estimate of drug-likeness (QED) is 0.868. The number of piperidine rings is 1. The second-order valence-corrected chi connectivity index (χ2v) is 8.46. The number of pyridine rings is 1. The summed E-state index contributed by atoms with van der Waals surface area (Å²) in [6.45, 7) is 8.31. The number of fused-ring (bicyclic) bond motifs is 2. The lowest BCUT2D eigenvalue weighted by molar-refractivity contribution is 0.321. The lowest BCUT2D eigenvalue weighted by atomic mass is 9.76. The van der Waals surface area contributed by atoms with E-state index in [1.54, 1.807) is 0 Å². The van der Waals surface area contributed by atoms with Crippen LogP contribution in [0.4, 0.5) is 5.69 Å². The Hall–Kier alpha value is -2.17. The Morgan fingerprint density at radius 1 is 1.12 bits per heavy atom. The van der Waals surface area contributed by atoms with Crippen LogP contribution in [0.1, 0.15) is 57.1 Å². The molecule has 5 heteroatoms. The largest absolute Gasteiger partial charge is 0.371 e. The molecule has 0 aromatic carbocycles. The van der Waals surface area contributed by atoms with Gasteiger partial charge in [0, 0.05) is 47.6 Å². The fourth-order valence-corrected chi connectivity index (χ4v) is 4.24. The summed E-state index contributed by atoms with van der Waals surface area (Å²) in [4.78, 5) is 27.1. The van der Waals surface area contributed by atoms with Crippen LogP contribution in [-0.2, 0) is 17.3 Å². The maximum absolute atomic E-state index is 12.6. The molecular formula is C20H26N4O. The van der Waals surface area contributed by atoms with Gasteiger partial charge < -0.3 is 9.88 Å². The minimum Gasteiger partial charge on any atom is -0.371 e. The second kappa shape index (κ2) is 5.68. The van der Waals surface area contributed by atoms with Crippen LogP contribution in [0.2, 0.25) is 0 Å². The normalized spacial score (nSPS) is 19.2. The molecule has 0 amide bonds. The lowest BCUT2D eigenvalue weighted by Gasteiger charge is -2.40. The van der Waals surface area contributed by atoms with Crippen molar-refractivity contribution in [2.24, 2.45) is 0 Å². The first-order valence-corrected chi connectivity index (χ1v) is 9.18. The molecule has 1 N–H and O–H groups in total. The van der Waals surface area contributed by atoms with Crippen LogP contribution in [0.3, 0.4) is 0 Å². The topological polar surface area (TPSA) is 61.9 Å². The van der Waals surface area contributed by atoms with Crippen LogP contribution in [0.5, 0.6) is 0 Å². The standard InChI is InChI=1S/C20H26N4O/c1-19(2,3)18-22-16-15(17(25)23-18)4-7-20(16)8-12-24(13-9-20)14-5-10-21-11-6-14/h5-6,10-11H,4,7-9,12-13H2,1-3H3,(H,22,23,25). The molecule has 0 atom stereocenters. The third-order valence-electron chi connectivity index (χ3n) is 5.83. The summed E-state index contributed by atoms with van der Waals surface area (Å²) in [5, 5.41) is 0. The van der Waals surface area contributed by atoms with Gasteiger partial charge in [0.2, 0.25) is 0 Å². The van der Waals surface area contributed by atoms with E-state index in [0.29, 0.717) is 0 Å². The van der Waals surface area contributed by atoms with Crippen LogP contribution in [0.15, 0.2) is 29.3 Å². The number of H-pyrrole nitrogens is 1. The number of rotatable bonds is 1. The molecule has 0 saturated carbocycles. The predicted molar refractivity (Wildman–Crippen MR) is 99.2 cm³/mol. The predicted octanol–water partition coefficient (Wildman–Crippen LogP) is 2.95. The number of hydrogen-bond donors (Lipinski definition) is 1. The van der Waals surface area contributed by atoms with Crippen molar-refractivity contribution in [3.63, 3.8) is 0 Å². The van der Waals surface area contributed by atoms with Gasteiger partial charge in [0.1, 0.15) is 5.82 Å². The highest BCUT2D eigenvalue weighted by Crippen LogP contribution is 2.45. The van der Waals surface area contributed by atoms with Crippen molar-refractivity contribution in [2.45, 2.75) is 57.3 Å². The van der Waals surface area contributed by atoms with Gasteiger partial charge in [0.15, 0.2) is 0 Å². The molecule has 0 unspecified atom stereocenters. The maximum Gasteiger partial charge on any atom is 0.254 e. The van der Waals surface area contributed by atoms with E-state index in [9.17, 15) is 4.79 Å². The van der Waals surface area contributed by atoms with E-state index in [1.807, 2.05) is 12.4 Å². The average molecular weight is 338 g/mol. The minimum absolute atomic E-state index is 0.0726. The molecule has 132 valence electrons. The SMILES string of the molecule is CC(C)(C)c1nc2c(c(=O)[nH]1)CCC21CCN(c2ccncc2)CC1. The van der Waals surface area contributed by atoms with E-state index in [0.717, 1.165) is 55.9 Å². The number of anilines is 1. The highest BCUT2D eigenvalue weighted by atomic mass is 16.1. The summed E-state index contributed by atoms with van der Waals surface area (Å²) in [7, 11) is 0. The number of hydrogen-bond acceptors (Lipinski definition) is 4. The van der Waals surface area contributed by atoms with E-state index in [2.05, 4.69) is 47.8 Å². The van der Waals surface area contributed by atoms with Crippen molar-refractivity contribution in [1.82, 2.24) is 15.0 Å². The van der Waals surface area contributed by atoms with Crippen LogP contribution in [0, 0.1) is 0 Å². The molecule has 0 radical (unpaired) electrons. The smallest absolute Gasteiger partial charge is 0.254 e. The molecule has 2 aromatic heterocycles. The summed E-state index contributed by atoms with van der Waals surface area (Å²) in [6.07, 6.45) is 7.72. The molecule has 3 heterocycles. The summed E-state index contributed by atoms with van der Waals surface area (Å²) < 4.78 is 0. The van der Waals surface area contributed by atoms with Crippen molar-refractivity contribution in [3.05, 3.63) is 52.0 Å². The van der Waals surface area contributed by atoms with Gasteiger partial charge in [0.25, 0.3) is 5.56 Å². The fraction of sp³-hybridized carbons (Fsp3) is 0.550. The zero-order chi connectivity index (χ0) is 17.7. The molecule has 1 aliphatic carbocycles. The van der Waals surface area contributed by atoms with E-state index in [1.165, 1.54) is 5.69 Å². The molecule has 25 heavy (non-hydrogen) atoms. The lowest BCUT2D eigenvalue weighted by Crippen LogP contribution is -2.42. The number of aromatic amines is 1. The Labute approximate surface area is 148 Å². The van der Waals surface area contributed by atoms with E-state index in [-0.39, 0.29) is 16.4 Å². The van der Waals surface area contributed by atoms with E-state index < -0.39 is 0 Å². The van der Waals surface area contributed by atoms with Crippen LogP contribution in [0.25, 0.3) is 0 Å². The summed E-state index contributed by atoms with van der Waals surface area (Å²) in [5.74, 6) is 0.814. The zero-order valence-corrected chi connectivity index (χ0v) is 15.3. The first kappa shape index (κ1) is 16.3. The van der Waals surface area contributed by atoms with Crippen molar-refractivity contribution >= 4 is 5.69 Å². The summed E-state index contributed by atoms with van der Waals surface area (Å²) in [6, 6.07) is 4.14. The number of nitrogens with zero attached hydrogens (tertiary/aromatic N) is 3. The van der Waals surface area contributed by atoms with Gasteiger partial charge in [-0.05, 0) is 37.8 Å². The van der Waals surface area contributed by atoms with Crippen molar-refractivity contribution in [3.8, 4) is 0 Å². The zero-order valence-electron chi connectivity index (χ0n) is 15.3. The molecule has 4 rings (SSSR count). The first-order valence-electron chi connectivity index (χ1n) is 9.18. The summed E-state index contributed by atoms with van der Waals surface area (Å²) >= 11 is 0. The third-order valence-corrected chi connectivity index (χ3v) is 5.83. The Balaban J connectivity index is 1.65. The first-order chi connectivity index (χ1) is 11.9. The highest BCUT2D eigenvalue weighted by molar-refractivity contribution is 5.46. The maximum atomic E-state index is 12.6. The molecule has 0 bridgehead atoms. The number of aromatic nitrogens is 3. The Morgan fingerprint density at radius 2 is 1.80 bits per heavy atom. The van der Waals surface area contributed by atoms with Gasteiger partial charge in [0.05, 0.1) is 5.69 Å². The van der Waals surface area contributed by atoms with E-state index >= 15 is 0 Å². The average Bonchev–Trinajstić information content (AvgIpc) is 2.95. The Kier molecular flexibility index (Phi) is 3.71. The summed E-state index contributed by atoms with van der Waals surface area (Å²) in [5.41, 5.74) is 3.24. The number of nitrogens with one attached hydrogen (secondary N) is 1. The van der Waals surface area contributed by atoms with Crippen LogP contribution < -0.4 is 10.5 Å². The van der Waals surface area contributed by atoms with Crippen LogP contribution in [-0.4, -0.2) is 28.0 Å². The molecule has 2 aromatic rings. The van der Waals surface area contributed by atoms with Crippen molar-refractivity contribution in [1.29, 1.82) is 0 Å². The van der Waals surface area contributed by atoms with Gasteiger partial charge in [-0.1, -0.05) is 20.8 Å². The van der Waals surface area contributed by atoms with Gasteiger partial charge in [-0.3, -0.25) is 9.78 Å². The van der Waals surface area contributed by atoms with Gasteiger partial charge in [-0.15, -0.1) is 0 Å². The molecular weight excluding hydrogens is 312 g/mol. The molecule has 1 aliphatic heterocycles. The second-order valence-electron chi connectivity index (χ2n) is 8.46. The fourth-order valence-electron chi connectivity index (χ4n) is 4.24. The van der Waals surface area contributed by atoms with Crippen molar-refractivity contribution < 1.29 is 0 Å². The van der Waals surface area contributed by atoms with Gasteiger partial charge >= 0.3 is 0 Å².